The third-order valence-electron chi connectivity index (χ3n) is 3.29. The number of nitrogens with one attached hydrogen (secondary N) is 1. The fourth-order valence-electron chi connectivity index (χ4n) is 2.31. The topological polar surface area (TPSA) is 24.9 Å². The summed E-state index contributed by atoms with van der Waals surface area (Å²) in [6, 6.07) is 16.0. The van der Waals surface area contributed by atoms with E-state index in [9.17, 15) is 0 Å². The van der Waals surface area contributed by atoms with Gasteiger partial charge in [-0.05, 0) is 49.7 Å². The van der Waals surface area contributed by atoms with Crippen LogP contribution in [0.2, 0.25) is 5.02 Å². The number of hydrogen-bond acceptors (Lipinski definition) is 2. The Morgan fingerprint density at radius 2 is 1.71 bits per heavy atom. The molecule has 0 aliphatic carbocycles. The summed E-state index contributed by atoms with van der Waals surface area (Å²) in [5, 5.41) is 5.31. The van der Waals surface area contributed by atoms with E-state index in [1.807, 2.05) is 31.2 Å². The maximum absolute atomic E-state index is 5.92. The molecule has 21 heavy (non-hydrogen) atoms. The standard InChI is InChI=1S/C17H15ClN2.ClH/c1-11-4-3-5-15-16(10-12(2)19-17(11)15)20-14-8-6-13(18)7-9-14;/h3-10H,1-2H3,(H,19,20);1H/p-1. The van der Waals surface area contributed by atoms with Crippen LogP contribution in [0.25, 0.3) is 10.9 Å². The summed E-state index contributed by atoms with van der Waals surface area (Å²) in [6.07, 6.45) is 0. The van der Waals surface area contributed by atoms with Crippen molar-refractivity contribution in [3.63, 3.8) is 0 Å². The number of aromatic nitrogens is 1. The number of rotatable bonds is 2. The third kappa shape index (κ3) is 3.29. The number of benzene rings is 2. The molecule has 0 aliphatic rings. The SMILES string of the molecule is Cc1cc(Nc2ccc(Cl)cc2)c2cccc(C)c2n1.[Cl-]. The highest BCUT2D eigenvalue weighted by Gasteiger charge is 2.06. The van der Waals surface area contributed by atoms with E-state index in [-0.39, 0.29) is 12.4 Å². The molecule has 108 valence electrons. The monoisotopic (exact) mass is 317 g/mol. The Labute approximate surface area is 135 Å². The van der Waals surface area contributed by atoms with Crippen molar-refractivity contribution in [1.29, 1.82) is 0 Å². The van der Waals surface area contributed by atoms with Crippen LogP contribution in [0.5, 0.6) is 0 Å². The van der Waals surface area contributed by atoms with Gasteiger partial charge in [0.05, 0.1) is 5.52 Å². The van der Waals surface area contributed by atoms with Crippen molar-refractivity contribution >= 4 is 33.9 Å². The minimum Gasteiger partial charge on any atom is -1.00 e. The van der Waals surface area contributed by atoms with Crippen molar-refractivity contribution in [1.82, 2.24) is 4.98 Å². The second-order valence-electron chi connectivity index (χ2n) is 4.91. The van der Waals surface area contributed by atoms with Gasteiger partial charge >= 0.3 is 0 Å². The number of nitrogens with zero attached hydrogens (tertiary/aromatic N) is 1. The van der Waals surface area contributed by atoms with E-state index >= 15 is 0 Å². The van der Waals surface area contributed by atoms with Crippen molar-refractivity contribution in [2.24, 2.45) is 0 Å². The Balaban J connectivity index is 0.00000161. The number of aryl methyl sites for hydroxylation is 2. The van der Waals surface area contributed by atoms with Crippen molar-refractivity contribution in [3.05, 3.63) is 64.8 Å². The quantitative estimate of drug-likeness (QED) is 0.784. The molecule has 0 atom stereocenters. The highest BCUT2D eigenvalue weighted by atomic mass is 35.5. The molecule has 3 aromatic rings. The van der Waals surface area contributed by atoms with Crippen molar-refractivity contribution in [2.75, 3.05) is 5.32 Å². The molecule has 3 rings (SSSR count). The molecule has 0 spiro atoms. The second-order valence-corrected chi connectivity index (χ2v) is 5.35. The van der Waals surface area contributed by atoms with E-state index in [4.69, 9.17) is 11.6 Å². The second kappa shape index (κ2) is 6.33. The zero-order chi connectivity index (χ0) is 14.1. The molecule has 1 heterocycles. The molecule has 2 nitrogen and oxygen atoms in total. The summed E-state index contributed by atoms with van der Waals surface area (Å²) in [7, 11) is 0. The molecule has 0 amide bonds. The Morgan fingerprint density at radius 1 is 1.00 bits per heavy atom. The number of anilines is 2. The number of hydrogen-bond donors (Lipinski definition) is 1. The lowest BCUT2D eigenvalue weighted by atomic mass is 10.1. The normalized spacial score (nSPS) is 10.2. The van der Waals surface area contributed by atoms with E-state index in [0.29, 0.717) is 0 Å². The van der Waals surface area contributed by atoms with E-state index in [1.54, 1.807) is 0 Å². The number of fused-ring (bicyclic) bond motifs is 1. The van der Waals surface area contributed by atoms with Crippen LogP contribution in [0.3, 0.4) is 0 Å². The van der Waals surface area contributed by atoms with Crippen molar-refractivity contribution < 1.29 is 12.4 Å². The van der Waals surface area contributed by atoms with Gasteiger partial charge in [-0.1, -0.05) is 29.8 Å². The van der Waals surface area contributed by atoms with Crippen LogP contribution < -0.4 is 17.7 Å². The zero-order valence-corrected chi connectivity index (χ0v) is 13.3. The van der Waals surface area contributed by atoms with E-state index < -0.39 is 0 Å². The first-order chi connectivity index (χ1) is 9.63. The molecule has 2 aromatic carbocycles. The van der Waals surface area contributed by atoms with E-state index in [1.165, 1.54) is 5.56 Å². The summed E-state index contributed by atoms with van der Waals surface area (Å²) >= 11 is 5.92. The number of pyridine rings is 1. The lowest BCUT2D eigenvalue weighted by Gasteiger charge is -2.12. The Bertz CT molecular complexity index is 768. The Hall–Kier alpha value is -1.77. The average molecular weight is 318 g/mol. The van der Waals surface area contributed by atoms with Gasteiger partial charge in [0.25, 0.3) is 0 Å². The molecule has 0 aliphatic heterocycles. The zero-order valence-electron chi connectivity index (χ0n) is 11.8. The van der Waals surface area contributed by atoms with Gasteiger partial charge in [-0.25, -0.2) is 0 Å². The Kier molecular flexibility index (Phi) is 4.71. The molecule has 0 radical (unpaired) electrons. The summed E-state index contributed by atoms with van der Waals surface area (Å²) in [5.74, 6) is 0. The smallest absolute Gasteiger partial charge is 0.0755 e. The lowest BCUT2D eigenvalue weighted by Crippen LogP contribution is -3.00. The van der Waals surface area contributed by atoms with Gasteiger partial charge in [-0.3, -0.25) is 4.98 Å². The fraction of sp³-hybridized carbons (Fsp3) is 0.118. The molecule has 0 saturated carbocycles. The lowest BCUT2D eigenvalue weighted by molar-refractivity contribution is -0.00000405. The maximum atomic E-state index is 5.92. The van der Waals surface area contributed by atoms with Crippen LogP contribution in [0.4, 0.5) is 11.4 Å². The van der Waals surface area contributed by atoms with E-state index in [2.05, 4.69) is 41.5 Å². The summed E-state index contributed by atoms with van der Waals surface area (Å²) in [6.45, 7) is 4.10. The highest BCUT2D eigenvalue weighted by molar-refractivity contribution is 6.30. The third-order valence-corrected chi connectivity index (χ3v) is 3.54. The fourth-order valence-corrected chi connectivity index (χ4v) is 2.44. The molecule has 1 N–H and O–H groups in total. The van der Waals surface area contributed by atoms with Crippen molar-refractivity contribution in [2.45, 2.75) is 13.8 Å². The Morgan fingerprint density at radius 3 is 2.43 bits per heavy atom. The van der Waals surface area contributed by atoms with Crippen LogP contribution in [0.1, 0.15) is 11.3 Å². The molecule has 0 bridgehead atoms. The molecular formula is C17H15Cl2N2-. The number of para-hydroxylation sites is 1. The summed E-state index contributed by atoms with van der Waals surface area (Å²) in [4.78, 5) is 4.63. The van der Waals surface area contributed by atoms with Gasteiger partial charge in [-0.2, -0.15) is 0 Å². The molecule has 0 unspecified atom stereocenters. The first-order valence-corrected chi connectivity index (χ1v) is 6.91. The maximum Gasteiger partial charge on any atom is 0.0755 e. The largest absolute Gasteiger partial charge is 1.00 e. The molecule has 0 fully saturated rings. The first-order valence-electron chi connectivity index (χ1n) is 6.53. The van der Waals surface area contributed by atoms with E-state index in [0.717, 1.165) is 33.0 Å². The van der Waals surface area contributed by atoms with Crippen LogP contribution in [-0.2, 0) is 0 Å². The van der Waals surface area contributed by atoms with Crippen LogP contribution in [0, 0.1) is 13.8 Å². The predicted molar refractivity (Wildman–Crippen MR) is 86.0 cm³/mol. The molecule has 0 saturated heterocycles. The minimum absolute atomic E-state index is 0. The average Bonchev–Trinajstić information content (AvgIpc) is 2.42. The minimum atomic E-state index is 0. The van der Waals surface area contributed by atoms with Gasteiger partial charge < -0.3 is 17.7 Å². The van der Waals surface area contributed by atoms with Gasteiger partial charge in [0, 0.05) is 27.5 Å². The van der Waals surface area contributed by atoms with Gasteiger partial charge in [0.1, 0.15) is 0 Å². The molecule has 4 heteroatoms. The summed E-state index contributed by atoms with van der Waals surface area (Å²) in [5.41, 5.74) is 5.32. The van der Waals surface area contributed by atoms with Gasteiger partial charge in [0.2, 0.25) is 0 Å². The van der Waals surface area contributed by atoms with Crippen molar-refractivity contribution in [3.8, 4) is 0 Å². The van der Waals surface area contributed by atoms with Gasteiger partial charge in [0.15, 0.2) is 0 Å². The number of halogens is 2. The predicted octanol–water partition coefficient (Wildman–Crippen LogP) is 2.25. The first kappa shape index (κ1) is 15.6. The van der Waals surface area contributed by atoms with Crippen LogP contribution >= 0.6 is 11.6 Å². The molecule has 1 aromatic heterocycles. The van der Waals surface area contributed by atoms with Crippen LogP contribution in [-0.4, -0.2) is 4.98 Å². The van der Waals surface area contributed by atoms with Crippen LogP contribution in [0.15, 0.2) is 48.5 Å². The highest BCUT2D eigenvalue weighted by Crippen LogP contribution is 2.28. The molecular weight excluding hydrogens is 303 g/mol. The van der Waals surface area contributed by atoms with Gasteiger partial charge in [-0.15, -0.1) is 0 Å². The summed E-state index contributed by atoms with van der Waals surface area (Å²) < 4.78 is 0.